The molecule has 0 spiro atoms. The summed E-state index contributed by atoms with van der Waals surface area (Å²) < 4.78 is 0.454. The quantitative estimate of drug-likeness (QED) is 0.641. The summed E-state index contributed by atoms with van der Waals surface area (Å²) in [6, 6.07) is 3.09. The van der Waals surface area contributed by atoms with Crippen molar-refractivity contribution >= 4 is 34.4 Å². The number of nitrogens with zero attached hydrogens (tertiary/aromatic N) is 4. The lowest BCUT2D eigenvalue weighted by molar-refractivity contribution is -0.384. The molecule has 0 fully saturated rings. The summed E-state index contributed by atoms with van der Waals surface area (Å²) in [6.45, 7) is 2.27. The van der Waals surface area contributed by atoms with Crippen LogP contribution in [0.5, 0.6) is 0 Å². The molecule has 0 aliphatic heterocycles. The molecule has 0 N–H and O–H groups in total. The van der Waals surface area contributed by atoms with E-state index in [9.17, 15) is 10.1 Å². The van der Waals surface area contributed by atoms with Gasteiger partial charge in [-0.2, -0.15) is 0 Å². The monoisotopic (exact) mass is 298 g/mol. The maximum Gasteiger partial charge on any atom is 0.311 e. The molecule has 8 heteroatoms. The number of nitro groups is 1. The van der Waals surface area contributed by atoms with Crippen LogP contribution in [-0.2, 0) is 6.54 Å². The van der Waals surface area contributed by atoms with Gasteiger partial charge in [-0.05, 0) is 13.0 Å². The van der Waals surface area contributed by atoms with Crippen LogP contribution in [0.3, 0.4) is 0 Å². The summed E-state index contributed by atoms with van der Waals surface area (Å²) in [6.07, 6.45) is 1.66. The summed E-state index contributed by atoms with van der Waals surface area (Å²) in [5, 5.41) is 11.0. The van der Waals surface area contributed by atoms with E-state index in [4.69, 9.17) is 11.6 Å². The van der Waals surface area contributed by atoms with Crippen LogP contribution in [-0.4, -0.2) is 21.9 Å². The second-order valence-corrected chi connectivity index (χ2v) is 5.69. The van der Waals surface area contributed by atoms with Crippen molar-refractivity contribution < 1.29 is 4.92 Å². The van der Waals surface area contributed by atoms with E-state index in [0.29, 0.717) is 16.8 Å². The van der Waals surface area contributed by atoms with Crippen molar-refractivity contribution in [2.45, 2.75) is 13.5 Å². The number of pyridine rings is 1. The summed E-state index contributed by atoms with van der Waals surface area (Å²) in [4.78, 5) is 21.4. The average Bonchev–Trinajstić information content (AvgIpc) is 2.74. The van der Waals surface area contributed by atoms with Gasteiger partial charge in [0.15, 0.2) is 4.47 Å². The van der Waals surface area contributed by atoms with Crippen molar-refractivity contribution in [1.29, 1.82) is 0 Å². The van der Waals surface area contributed by atoms with Crippen LogP contribution in [0.25, 0.3) is 0 Å². The fourth-order valence-corrected chi connectivity index (χ4v) is 2.66. The van der Waals surface area contributed by atoms with Crippen molar-refractivity contribution in [3.63, 3.8) is 0 Å². The summed E-state index contributed by atoms with van der Waals surface area (Å²) in [7, 11) is 1.75. The molecule has 6 nitrogen and oxygen atoms in total. The van der Waals surface area contributed by atoms with E-state index in [1.165, 1.54) is 17.4 Å². The van der Waals surface area contributed by atoms with Crippen LogP contribution in [0.4, 0.5) is 11.5 Å². The van der Waals surface area contributed by atoms with E-state index in [0.717, 1.165) is 10.6 Å². The van der Waals surface area contributed by atoms with Gasteiger partial charge in [0.25, 0.3) is 0 Å². The van der Waals surface area contributed by atoms with Crippen molar-refractivity contribution in [3.8, 4) is 0 Å². The smallest absolute Gasteiger partial charge is 0.311 e. The minimum atomic E-state index is -0.433. The average molecular weight is 299 g/mol. The first-order valence-corrected chi connectivity index (χ1v) is 6.60. The molecular formula is C11H11ClN4O2S. The van der Waals surface area contributed by atoms with Gasteiger partial charge >= 0.3 is 5.69 Å². The van der Waals surface area contributed by atoms with Gasteiger partial charge in [-0.3, -0.25) is 10.1 Å². The highest BCUT2D eigenvalue weighted by Gasteiger charge is 2.19. The molecule has 2 heterocycles. The Kier molecular flexibility index (Phi) is 3.96. The van der Waals surface area contributed by atoms with Gasteiger partial charge in [-0.1, -0.05) is 11.6 Å². The third-order valence-corrected chi connectivity index (χ3v) is 3.57. The first-order chi connectivity index (χ1) is 8.97. The van der Waals surface area contributed by atoms with Gasteiger partial charge in [0.05, 0.1) is 11.5 Å². The van der Waals surface area contributed by atoms with Crippen LogP contribution in [0.1, 0.15) is 10.6 Å². The van der Waals surface area contributed by atoms with E-state index in [2.05, 4.69) is 9.97 Å². The van der Waals surface area contributed by atoms with Gasteiger partial charge < -0.3 is 4.90 Å². The number of anilines is 1. The highest BCUT2D eigenvalue weighted by Crippen LogP contribution is 2.27. The van der Waals surface area contributed by atoms with Gasteiger partial charge in [0.2, 0.25) is 5.82 Å². The first kappa shape index (κ1) is 13.7. The molecule has 2 rings (SSSR count). The molecule has 0 aromatic carbocycles. The topological polar surface area (TPSA) is 72.2 Å². The SMILES string of the molecule is Cc1ccc([N+](=O)[O-])c(N(C)Cc2cnc(Cl)s2)n1. The Labute approximate surface area is 118 Å². The molecule has 0 aliphatic rings. The highest BCUT2D eigenvalue weighted by atomic mass is 35.5. The Morgan fingerprint density at radius 2 is 2.26 bits per heavy atom. The lowest BCUT2D eigenvalue weighted by Gasteiger charge is -2.17. The summed E-state index contributed by atoms with van der Waals surface area (Å²) in [5.74, 6) is 0.342. The fourth-order valence-electron chi connectivity index (χ4n) is 1.62. The zero-order chi connectivity index (χ0) is 14.0. The molecule has 0 atom stereocenters. The molecule has 0 bridgehead atoms. The number of halogens is 1. The molecule has 2 aromatic rings. The molecule has 100 valence electrons. The molecule has 0 radical (unpaired) electrons. The number of hydrogen-bond acceptors (Lipinski definition) is 6. The molecule has 0 saturated carbocycles. The third-order valence-electron chi connectivity index (χ3n) is 2.47. The van der Waals surface area contributed by atoms with Crippen LogP contribution in [0.15, 0.2) is 18.3 Å². The summed E-state index contributed by atoms with van der Waals surface area (Å²) >= 11 is 7.11. The normalized spacial score (nSPS) is 10.5. The van der Waals surface area contributed by atoms with Gasteiger partial charge in [0, 0.05) is 29.9 Å². The van der Waals surface area contributed by atoms with Gasteiger partial charge in [-0.25, -0.2) is 9.97 Å². The maximum absolute atomic E-state index is 11.0. The van der Waals surface area contributed by atoms with Crippen molar-refractivity contribution in [1.82, 2.24) is 9.97 Å². The summed E-state index contributed by atoms with van der Waals surface area (Å²) in [5.41, 5.74) is 0.721. The molecule has 0 amide bonds. The van der Waals surface area contributed by atoms with E-state index in [1.807, 2.05) is 0 Å². The number of rotatable bonds is 4. The second kappa shape index (κ2) is 5.50. The van der Waals surface area contributed by atoms with E-state index in [-0.39, 0.29) is 5.69 Å². The van der Waals surface area contributed by atoms with E-state index >= 15 is 0 Å². The number of hydrogen-bond donors (Lipinski definition) is 0. The zero-order valence-corrected chi connectivity index (χ0v) is 11.9. The Bertz CT molecular complexity index is 616. The Hall–Kier alpha value is -1.73. The molecule has 0 unspecified atom stereocenters. The fraction of sp³-hybridized carbons (Fsp3) is 0.273. The largest absolute Gasteiger partial charge is 0.349 e. The molecule has 0 saturated heterocycles. The predicted octanol–water partition coefficient (Wildman–Crippen LogP) is 3.04. The number of thiazole rings is 1. The van der Waals surface area contributed by atoms with Gasteiger partial charge in [0.1, 0.15) is 0 Å². The Morgan fingerprint density at radius 1 is 1.53 bits per heavy atom. The van der Waals surface area contributed by atoms with E-state index in [1.54, 1.807) is 31.1 Å². The minimum Gasteiger partial charge on any atom is -0.349 e. The van der Waals surface area contributed by atoms with Crippen LogP contribution < -0.4 is 4.90 Å². The number of aryl methyl sites for hydroxylation is 1. The van der Waals surface area contributed by atoms with Crippen LogP contribution in [0, 0.1) is 17.0 Å². The predicted molar refractivity (Wildman–Crippen MR) is 74.9 cm³/mol. The molecule has 0 aliphatic carbocycles. The standard InChI is InChI=1S/C11H11ClN4O2S/c1-7-3-4-9(16(17)18)10(14-7)15(2)6-8-5-13-11(12)19-8/h3-5H,6H2,1-2H3. The lowest BCUT2D eigenvalue weighted by atomic mass is 10.3. The molecule has 2 aromatic heterocycles. The number of aromatic nitrogens is 2. The Balaban J connectivity index is 2.29. The van der Waals surface area contributed by atoms with Crippen LogP contribution >= 0.6 is 22.9 Å². The van der Waals surface area contributed by atoms with Crippen molar-refractivity contribution in [2.75, 3.05) is 11.9 Å². The lowest BCUT2D eigenvalue weighted by Crippen LogP contribution is -2.18. The first-order valence-electron chi connectivity index (χ1n) is 5.40. The van der Waals surface area contributed by atoms with Crippen molar-refractivity contribution in [2.24, 2.45) is 0 Å². The second-order valence-electron chi connectivity index (χ2n) is 3.99. The van der Waals surface area contributed by atoms with Gasteiger partial charge in [-0.15, -0.1) is 11.3 Å². The van der Waals surface area contributed by atoms with Crippen molar-refractivity contribution in [3.05, 3.63) is 43.5 Å². The third kappa shape index (κ3) is 3.18. The maximum atomic E-state index is 11.0. The zero-order valence-electron chi connectivity index (χ0n) is 10.3. The minimum absolute atomic E-state index is 0.0105. The molecule has 19 heavy (non-hydrogen) atoms. The van der Waals surface area contributed by atoms with E-state index < -0.39 is 4.92 Å². The Morgan fingerprint density at radius 3 is 2.84 bits per heavy atom. The highest BCUT2D eigenvalue weighted by molar-refractivity contribution is 7.15. The van der Waals surface area contributed by atoms with Crippen LogP contribution in [0.2, 0.25) is 4.47 Å². The molecular weight excluding hydrogens is 288 g/mol.